The van der Waals surface area contributed by atoms with Crippen molar-refractivity contribution in [1.82, 2.24) is 0 Å². The largest absolute Gasteiger partial charge is 0.472 e. The average Bonchev–Trinajstić information content (AvgIpc) is 0.939. The summed E-state index contributed by atoms with van der Waals surface area (Å²) in [6.45, 7) is 2.12. The number of hydrogen-bond donors (Lipinski definition) is 4. The maximum absolute atomic E-state index is 12.9. The van der Waals surface area contributed by atoms with Crippen molar-refractivity contribution < 1.29 is 75.8 Å². The maximum atomic E-state index is 12.9. The molecule has 5 atom stereocenters. The molecule has 0 radical (unpaired) electrons. The predicted molar refractivity (Wildman–Crippen MR) is 426 cm³/mol. The third-order valence-electron chi connectivity index (χ3n) is 15.0. The van der Waals surface area contributed by atoms with Gasteiger partial charge in [0.05, 0.1) is 26.4 Å². The zero-order valence-electron chi connectivity index (χ0n) is 63.1. The Morgan fingerprint density at radius 1 is 0.272 bits per heavy atom. The van der Waals surface area contributed by atoms with Crippen LogP contribution in [0.15, 0.2) is 207 Å². The lowest BCUT2D eigenvalue weighted by atomic mass is 10.0. The van der Waals surface area contributed by atoms with E-state index >= 15 is 0 Å². The molecular weight excluding hydrogens is 1340 g/mol. The molecule has 0 aliphatic carbocycles. The first kappa shape index (κ1) is 97.1. The molecule has 0 aromatic carbocycles. The smallest absolute Gasteiger partial charge is 0.463 e. The third kappa shape index (κ3) is 77.1. The van der Waals surface area contributed by atoms with E-state index in [0.717, 1.165) is 122 Å². The minimum atomic E-state index is -4.98. The Kier molecular flexibility index (Phi) is 71.5. The van der Waals surface area contributed by atoms with Crippen LogP contribution in [0, 0.1) is 0 Å². The Hall–Kier alpha value is -5.87. The number of phosphoric ester groups is 2. The number of unbranched alkanes of at least 4 members (excludes halogenated alkanes) is 13. The molecule has 0 saturated carbocycles. The summed E-state index contributed by atoms with van der Waals surface area (Å²) in [5.74, 6) is -1.79. The highest BCUT2D eigenvalue weighted by Gasteiger charge is 2.29. The molecule has 0 aliphatic rings. The van der Waals surface area contributed by atoms with E-state index in [-0.39, 0.29) is 19.3 Å². The van der Waals surface area contributed by atoms with E-state index in [2.05, 4.69) is 191 Å². The Balaban J connectivity index is 4.70. The molecule has 0 saturated heterocycles. The van der Waals surface area contributed by atoms with Crippen LogP contribution in [0.3, 0.4) is 0 Å². The molecule has 103 heavy (non-hydrogen) atoms. The van der Waals surface area contributed by atoms with Gasteiger partial charge in [-0.2, -0.15) is 0 Å². The molecule has 16 nitrogen and oxygen atoms in total. The minimum absolute atomic E-state index is 0.0205. The van der Waals surface area contributed by atoms with Crippen LogP contribution in [0.25, 0.3) is 0 Å². The third-order valence-corrected chi connectivity index (χ3v) is 16.9. The van der Waals surface area contributed by atoms with Crippen molar-refractivity contribution in [2.75, 3.05) is 39.6 Å². The fraction of sp³-hybridized carbons (Fsp3) is 0.565. The van der Waals surface area contributed by atoms with Crippen LogP contribution in [-0.4, -0.2) is 95.9 Å². The van der Waals surface area contributed by atoms with Gasteiger partial charge in [0.25, 0.3) is 0 Å². The van der Waals surface area contributed by atoms with Crippen LogP contribution in [0.5, 0.6) is 0 Å². The second-order valence-corrected chi connectivity index (χ2v) is 27.6. The van der Waals surface area contributed by atoms with Crippen LogP contribution in [0.2, 0.25) is 0 Å². The molecule has 0 spiro atoms. The molecule has 18 heteroatoms. The maximum Gasteiger partial charge on any atom is 0.472 e. The highest BCUT2D eigenvalue weighted by atomic mass is 31.2. The van der Waals surface area contributed by atoms with Crippen LogP contribution in [-0.2, 0) is 55.8 Å². The first-order valence-corrected chi connectivity index (χ1v) is 41.4. The fourth-order valence-corrected chi connectivity index (χ4v) is 10.9. The van der Waals surface area contributed by atoms with Crippen molar-refractivity contribution in [2.45, 2.75) is 270 Å². The number of ether oxygens (including phenoxy) is 3. The molecule has 0 bridgehead atoms. The number of rotatable bonds is 70. The highest BCUT2D eigenvalue weighted by molar-refractivity contribution is 7.47. The number of aliphatic hydroxyl groups is 2. The van der Waals surface area contributed by atoms with Gasteiger partial charge in [-0.15, -0.1) is 0 Å². The van der Waals surface area contributed by atoms with E-state index in [4.69, 9.17) is 32.3 Å². The van der Waals surface area contributed by atoms with Gasteiger partial charge in [0.1, 0.15) is 25.4 Å². The lowest BCUT2D eigenvalue weighted by Crippen LogP contribution is -2.29. The summed E-state index contributed by atoms with van der Waals surface area (Å²) in [6, 6.07) is 0. The van der Waals surface area contributed by atoms with Gasteiger partial charge in [-0.1, -0.05) is 298 Å². The summed E-state index contributed by atoms with van der Waals surface area (Å²) in [5.41, 5.74) is 0. The van der Waals surface area contributed by atoms with Gasteiger partial charge in [0.2, 0.25) is 0 Å². The van der Waals surface area contributed by atoms with Gasteiger partial charge in [-0.3, -0.25) is 32.5 Å². The summed E-state index contributed by atoms with van der Waals surface area (Å²) in [7, 11) is -9.85. The van der Waals surface area contributed by atoms with Crippen LogP contribution in [0.4, 0.5) is 0 Å². The molecule has 580 valence electrons. The second-order valence-electron chi connectivity index (χ2n) is 24.7. The SMILES string of the molecule is CC/C=C\C/C=C\C/C=C\C/C=C\C/C=C\C/C=C\CCC(=O)OCC(COP(=O)(O)OCC(O)COP(=O)(O)OCC(O)COC(=O)CCCCCCCCCCCCCCC/C=C\C/C=C\C/C=C\C/C=C\C/C=C\CC)OC(=O)CC/C=C\C/C=C\C/C=C\C/C=C\C/C=C\C/C=C\CC. The molecule has 0 aromatic heterocycles. The van der Waals surface area contributed by atoms with Gasteiger partial charge >= 0.3 is 33.6 Å². The zero-order chi connectivity index (χ0) is 75.2. The quantitative estimate of drug-likeness (QED) is 0.0146. The summed E-state index contributed by atoms with van der Waals surface area (Å²) < 4.78 is 60.9. The number of allylic oxidation sites excluding steroid dienone is 34. The Labute approximate surface area is 622 Å². The summed E-state index contributed by atoms with van der Waals surface area (Å²) in [5, 5.41) is 20.6. The van der Waals surface area contributed by atoms with Gasteiger partial charge in [-0.25, -0.2) is 9.13 Å². The molecule has 5 unspecified atom stereocenters. The number of carbonyl (C=O) groups is 3. The molecule has 0 amide bonds. The zero-order valence-corrected chi connectivity index (χ0v) is 64.9. The van der Waals surface area contributed by atoms with Crippen LogP contribution >= 0.6 is 15.6 Å². The number of hydrogen-bond acceptors (Lipinski definition) is 14. The summed E-state index contributed by atoms with van der Waals surface area (Å²) >= 11 is 0. The van der Waals surface area contributed by atoms with E-state index in [1.807, 2.05) is 36.5 Å². The van der Waals surface area contributed by atoms with Crippen molar-refractivity contribution in [3.8, 4) is 0 Å². The fourth-order valence-electron chi connectivity index (χ4n) is 9.30. The monoisotopic (exact) mass is 1470 g/mol. The van der Waals surface area contributed by atoms with Crippen molar-refractivity contribution in [2.24, 2.45) is 0 Å². The summed E-state index contributed by atoms with van der Waals surface area (Å²) in [6.07, 6.45) is 101. The molecule has 0 rings (SSSR count). The van der Waals surface area contributed by atoms with Crippen LogP contribution in [0.1, 0.15) is 252 Å². The first-order valence-electron chi connectivity index (χ1n) is 38.4. The Morgan fingerprint density at radius 3 is 0.825 bits per heavy atom. The second kappa shape index (κ2) is 75.8. The lowest BCUT2D eigenvalue weighted by molar-refractivity contribution is -0.161. The van der Waals surface area contributed by atoms with E-state index in [0.29, 0.717) is 32.1 Å². The molecule has 0 aliphatic heterocycles. The normalized spacial score (nSPS) is 15.1. The van der Waals surface area contributed by atoms with Gasteiger partial charge < -0.3 is 34.2 Å². The van der Waals surface area contributed by atoms with E-state index in [1.165, 1.54) is 57.8 Å². The van der Waals surface area contributed by atoms with Gasteiger partial charge in [0.15, 0.2) is 6.10 Å². The van der Waals surface area contributed by atoms with E-state index in [9.17, 15) is 43.5 Å². The number of carbonyl (C=O) groups excluding carboxylic acids is 3. The van der Waals surface area contributed by atoms with Crippen molar-refractivity contribution in [3.63, 3.8) is 0 Å². The Morgan fingerprint density at radius 2 is 0.505 bits per heavy atom. The summed E-state index contributed by atoms with van der Waals surface area (Å²) in [4.78, 5) is 58.5. The van der Waals surface area contributed by atoms with E-state index < -0.39 is 91.5 Å². The van der Waals surface area contributed by atoms with Crippen molar-refractivity contribution >= 4 is 33.6 Å². The average molecular weight is 1470 g/mol. The van der Waals surface area contributed by atoms with E-state index in [1.54, 1.807) is 0 Å². The minimum Gasteiger partial charge on any atom is -0.463 e. The molecular formula is C85H134O16P2. The topological polar surface area (TPSA) is 231 Å². The number of esters is 3. The Bertz CT molecular complexity index is 2700. The standard InChI is InChI=1S/C85H134O16P2/c1-4-7-10-13-16-19-22-25-28-31-34-35-36-37-38-39-40-41-42-43-46-48-50-53-56-59-62-65-68-71-83(88)95-74-80(86)75-97-102(91,92)98-76-81(87)77-99-103(93,94)100-79-82(101-85(90)73-70-67-64-61-58-55-52-49-45-33-30-27-24-21-18-15-12-9-6-3)78-96-84(89)72-69-66-63-60-57-54-51-47-44-32-29-26-23-20-17-14-11-8-5-2/h7-12,16-21,25-30,34-35,37-38,44-45,47,49,54-55,57-58,63-64,66-67,80-82,86-87H,4-6,13-15,22-24,31-33,36,39-43,46,48,50-53,56,59-62,65,68-79H2,1-3H3,(H,91,92)(H,93,94)/b10-7-,11-8-,12-9-,19-16-,20-17-,21-18-,28-25-,29-26-,30-27-,35-34-,38-37-,47-44-,49-45-,57-54-,58-55-,66-63-,67-64-. The van der Waals surface area contributed by atoms with Crippen LogP contribution < -0.4 is 0 Å². The first-order chi connectivity index (χ1) is 50.2. The number of aliphatic hydroxyl groups excluding tert-OH is 2. The highest BCUT2D eigenvalue weighted by Crippen LogP contribution is 2.45. The van der Waals surface area contributed by atoms with Crippen molar-refractivity contribution in [3.05, 3.63) is 207 Å². The number of phosphoric acid groups is 2. The molecule has 0 aromatic rings. The lowest BCUT2D eigenvalue weighted by Gasteiger charge is -2.21. The van der Waals surface area contributed by atoms with Gasteiger partial charge in [0, 0.05) is 19.3 Å². The predicted octanol–water partition coefficient (Wildman–Crippen LogP) is 22.5. The molecule has 4 N–H and O–H groups in total. The van der Waals surface area contributed by atoms with Crippen molar-refractivity contribution in [1.29, 1.82) is 0 Å². The molecule has 0 fully saturated rings. The van der Waals surface area contributed by atoms with Gasteiger partial charge in [-0.05, 0) is 141 Å². The molecule has 0 heterocycles.